The first-order chi connectivity index (χ1) is 12.6. The Morgan fingerprint density at radius 2 is 1.31 bits per heavy atom. The quantitative estimate of drug-likeness (QED) is 0.514. The van der Waals surface area contributed by atoms with Crippen molar-refractivity contribution in [3.63, 3.8) is 0 Å². The number of carbonyl (C=O) groups is 1. The first kappa shape index (κ1) is 18.2. The maximum atomic E-state index is 12.6. The standard InChI is InChI=1S/C22H23O3P/c1-24-19-15-10-16-20(21(19)22(23)25-2)26(3,17-11-6-4-7-12-17)18-13-8-5-9-14-18/h4-16,26H,1-3H3. The van der Waals surface area contributed by atoms with Crippen LogP contribution in [0.1, 0.15) is 10.4 Å². The van der Waals surface area contributed by atoms with Crippen LogP contribution in [0.25, 0.3) is 0 Å². The van der Waals surface area contributed by atoms with Crippen molar-refractivity contribution in [3.8, 4) is 5.75 Å². The minimum absolute atomic E-state index is 0.372. The van der Waals surface area contributed by atoms with Crippen molar-refractivity contribution >= 4 is 29.1 Å². The number of carbonyl (C=O) groups excluding carboxylic acids is 1. The average molecular weight is 366 g/mol. The van der Waals surface area contributed by atoms with Crippen molar-refractivity contribution in [2.24, 2.45) is 0 Å². The molecule has 3 aromatic carbocycles. The molecule has 0 unspecified atom stereocenters. The summed E-state index contributed by atoms with van der Waals surface area (Å²) in [5, 5.41) is 3.44. The summed E-state index contributed by atoms with van der Waals surface area (Å²) in [6.07, 6.45) is 0. The third kappa shape index (κ3) is 3.11. The Morgan fingerprint density at radius 1 is 0.769 bits per heavy atom. The van der Waals surface area contributed by atoms with Gasteiger partial charge in [0, 0.05) is 0 Å². The van der Waals surface area contributed by atoms with Crippen LogP contribution in [0.2, 0.25) is 0 Å². The fourth-order valence-corrected chi connectivity index (χ4v) is 7.28. The van der Waals surface area contributed by atoms with E-state index in [1.165, 1.54) is 17.7 Å². The molecule has 0 N–H and O–H groups in total. The van der Waals surface area contributed by atoms with Gasteiger partial charge < -0.3 is 0 Å². The summed E-state index contributed by atoms with van der Waals surface area (Å²) < 4.78 is 10.6. The average Bonchev–Trinajstić information content (AvgIpc) is 2.73. The molecule has 134 valence electrons. The van der Waals surface area contributed by atoms with E-state index in [-0.39, 0.29) is 5.97 Å². The van der Waals surface area contributed by atoms with Gasteiger partial charge in [-0.2, -0.15) is 0 Å². The van der Waals surface area contributed by atoms with Gasteiger partial charge in [0.1, 0.15) is 0 Å². The fraction of sp³-hybridized carbons (Fsp3) is 0.136. The zero-order chi connectivity index (χ0) is 18.6. The van der Waals surface area contributed by atoms with E-state index in [4.69, 9.17) is 9.47 Å². The van der Waals surface area contributed by atoms with E-state index in [0.717, 1.165) is 5.30 Å². The van der Waals surface area contributed by atoms with E-state index >= 15 is 0 Å². The van der Waals surface area contributed by atoms with Crippen LogP contribution < -0.4 is 20.7 Å². The van der Waals surface area contributed by atoms with Gasteiger partial charge in [0.2, 0.25) is 0 Å². The Bertz CT molecular complexity index is 852. The monoisotopic (exact) mass is 366 g/mol. The molecule has 3 aromatic rings. The molecule has 0 saturated carbocycles. The van der Waals surface area contributed by atoms with Crippen molar-refractivity contribution in [2.45, 2.75) is 0 Å². The fourth-order valence-electron chi connectivity index (χ4n) is 3.45. The van der Waals surface area contributed by atoms with Crippen LogP contribution >= 0.6 is 7.26 Å². The second kappa shape index (κ2) is 7.72. The van der Waals surface area contributed by atoms with Gasteiger partial charge in [-0.15, -0.1) is 0 Å². The predicted molar refractivity (Wildman–Crippen MR) is 110 cm³/mol. The molecule has 0 saturated heterocycles. The van der Waals surface area contributed by atoms with Gasteiger partial charge in [-0.1, -0.05) is 0 Å². The number of hydrogen-bond donors (Lipinski definition) is 0. The van der Waals surface area contributed by atoms with Gasteiger partial charge in [0.05, 0.1) is 0 Å². The number of esters is 1. The second-order valence-electron chi connectivity index (χ2n) is 6.23. The molecule has 0 spiro atoms. The number of methoxy groups -OCH3 is 2. The molecule has 26 heavy (non-hydrogen) atoms. The van der Waals surface area contributed by atoms with E-state index in [9.17, 15) is 4.79 Å². The minimum atomic E-state index is -2.43. The topological polar surface area (TPSA) is 35.5 Å². The van der Waals surface area contributed by atoms with Crippen LogP contribution in [-0.4, -0.2) is 26.9 Å². The molecular formula is C22H23O3P. The van der Waals surface area contributed by atoms with Crippen molar-refractivity contribution < 1.29 is 14.3 Å². The van der Waals surface area contributed by atoms with Crippen LogP contribution in [0.3, 0.4) is 0 Å². The number of rotatable bonds is 5. The molecule has 4 heteroatoms. The molecule has 3 nitrogen and oxygen atoms in total. The van der Waals surface area contributed by atoms with E-state index in [1.807, 2.05) is 48.5 Å². The van der Waals surface area contributed by atoms with Crippen LogP contribution in [-0.2, 0) is 4.74 Å². The first-order valence-electron chi connectivity index (χ1n) is 8.49. The number of hydrogen-bond acceptors (Lipinski definition) is 3. The molecule has 0 aliphatic carbocycles. The normalized spacial score (nSPS) is 11.7. The molecule has 0 aliphatic rings. The van der Waals surface area contributed by atoms with E-state index < -0.39 is 7.26 Å². The molecule has 3 rings (SSSR count). The Balaban J connectivity index is 2.37. The Labute approximate surface area is 154 Å². The Morgan fingerprint density at radius 3 is 1.77 bits per heavy atom. The molecule has 0 aromatic heterocycles. The van der Waals surface area contributed by atoms with Crippen LogP contribution in [0.15, 0.2) is 78.9 Å². The van der Waals surface area contributed by atoms with Crippen LogP contribution in [0.4, 0.5) is 0 Å². The third-order valence-corrected chi connectivity index (χ3v) is 9.35. The number of ether oxygens (including phenoxy) is 2. The molecule has 0 atom stereocenters. The SMILES string of the molecule is COC(=O)c1c(OC)cccc1[PH](C)(c1ccccc1)c1ccccc1. The van der Waals surface area contributed by atoms with Gasteiger partial charge >= 0.3 is 154 Å². The Kier molecular flexibility index (Phi) is 5.39. The van der Waals surface area contributed by atoms with E-state index in [1.54, 1.807) is 13.2 Å². The van der Waals surface area contributed by atoms with Gasteiger partial charge in [-0.3, -0.25) is 0 Å². The third-order valence-electron chi connectivity index (χ3n) is 4.88. The van der Waals surface area contributed by atoms with Crippen molar-refractivity contribution in [1.29, 1.82) is 0 Å². The van der Waals surface area contributed by atoms with Crippen molar-refractivity contribution in [2.75, 3.05) is 20.9 Å². The summed E-state index contributed by atoms with van der Waals surface area (Å²) in [7, 11) is 0.554. The zero-order valence-corrected chi connectivity index (χ0v) is 16.2. The van der Waals surface area contributed by atoms with E-state index in [0.29, 0.717) is 11.3 Å². The Hall–Kier alpha value is -2.64. The summed E-state index contributed by atoms with van der Waals surface area (Å²) in [5.74, 6) is 0.169. The molecule has 0 fully saturated rings. The summed E-state index contributed by atoms with van der Waals surface area (Å²) in [6.45, 7) is 2.26. The molecule has 0 bridgehead atoms. The first-order valence-corrected chi connectivity index (χ1v) is 11.0. The predicted octanol–water partition coefficient (Wildman–Crippen LogP) is 3.14. The number of benzene rings is 3. The molecule has 0 amide bonds. The van der Waals surface area contributed by atoms with Gasteiger partial charge in [0.15, 0.2) is 0 Å². The van der Waals surface area contributed by atoms with Gasteiger partial charge in [-0.25, -0.2) is 0 Å². The molecule has 0 heterocycles. The summed E-state index contributed by atoms with van der Waals surface area (Å²) in [6, 6.07) is 26.5. The molecule has 0 aliphatic heterocycles. The van der Waals surface area contributed by atoms with Gasteiger partial charge in [-0.05, 0) is 0 Å². The molecule has 0 radical (unpaired) electrons. The zero-order valence-electron chi connectivity index (χ0n) is 15.2. The second-order valence-corrected chi connectivity index (χ2v) is 10.2. The molecular weight excluding hydrogens is 343 g/mol. The van der Waals surface area contributed by atoms with Crippen LogP contribution in [0.5, 0.6) is 5.75 Å². The van der Waals surface area contributed by atoms with Crippen molar-refractivity contribution in [1.82, 2.24) is 0 Å². The summed E-state index contributed by atoms with van der Waals surface area (Å²) >= 11 is 0. The van der Waals surface area contributed by atoms with E-state index in [2.05, 4.69) is 30.9 Å². The van der Waals surface area contributed by atoms with Crippen LogP contribution in [0, 0.1) is 0 Å². The summed E-state index contributed by atoms with van der Waals surface area (Å²) in [4.78, 5) is 12.6. The summed E-state index contributed by atoms with van der Waals surface area (Å²) in [5.41, 5.74) is 0.513. The van der Waals surface area contributed by atoms with Gasteiger partial charge in [0.25, 0.3) is 0 Å². The maximum absolute atomic E-state index is 12.6. The van der Waals surface area contributed by atoms with Crippen molar-refractivity contribution in [3.05, 3.63) is 84.4 Å².